The van der Waals surface area contributed by atoms with Gasteiger partial charge in [0, 0.05) is 17.7 Å². The zero-order valence-electron chi connectivity index (χ0n) is 17.3. The van der Waals surface area contributed by atoms with Crippen LogP contribution < -0.4 is 10.2 Å². The predicted molar refractivity (Wildman–Crippen MR) is 109 cm³/mol. The summed E-state index contributed by atoms with van der Waals surface area (Å²) in [5.41, 5.74) is 5.29. The van der Waals surface area contributed by atoms with Crippen LogP contribution in [-0.2, 0) is 22.5 Å². The summed E-state index contributed by atoms with van der Waals surface area (Å²) in [5, 5.41) is 4.45. The minimum Gasteiger partial charge on any atom is -0.432 e. The molecule has 2 N–H and O–H groups in total. The number of rotatable bonds is 4. The first-order valence-corrected chi connectivity index (χ1v) is 10.4. The lowest BCUT2D eigenvalue weighted by molar-refractivity contribution is -0.906. The molecule has 2 aliphatic rings. The molecule has 2 aliphatic heterocycles. The molecule has 0 radical (unpaired) electrons. The van der Waals surface area contributed by atoms with Gasteiger partial charge in [-0.1, -0.05) is 0 Å². The first-order valence-electron chi connectivity index (χ1n) is 10.4. The second kappa shape index (κ2) is 7.19. The van der Waals surface area contributed by atoms with Gasteiger partial charge < -0.3 is 24.1 Å². The van der Waals surface area contributed by atoms with Crippen molar-refractivity contribution in [3.8, 4) is 0 Å². The third-order valence-electron chi connectivity index (χ3n) is 6.01. The van der Waals surface area contributed by atoms with Crippen LogP contribution in [0.25, 0.3) is 22.2 Å². The Morgan fingerprint density at radius 1 is 1.17 bits per heavy atom. The van der Waals surface area contributed by atoms with E-state index in [1.807, 2.05) is 6.92 Å². The summed E-state index contributed by atoms with van der Waals surface area (Å²) < 4.78 is 17.6. The second-order valence-electron chi connectivity index (χ2n) is 8.60. The maximum absolute atomic E-state index is 6.17. The van der Waals surface area contributed by atoms with Crippen molar-refractivity contribution in [1.29, 1.82) is 0 Å². The van der Waals surface area contributed by atoms with Crippen molar-refractivity contribution in [3.63, 3.8) is 0 Å². The Kier molecular flexibility index (Phi) is 4.64. The number of nitrogens with zero attached hydrogens (tertiary/aromatic N) is 3. The van der Waals surface area contributed by atoms with E-state index in [0.29, 0.717) is 17.9 Å². The summed E-state index contributed by atoms with van der Waals surface area (Å²) in [7, 11) is 0. The van der Waals surface area contributed by atoms with Crippen LogP contribution in [0.3, 0.4) is 0 Å². The minimum atomic E-state index is -0.216. The molecule has 0 saturated carbocycles. The van der Waals surface area contributed by atoms with E-state index in [9.17, 15) is 0 Å². The number of morpholine rings is 1. The molecule has 3 aromatic heterocycles. The zero-order valence-corrected chi connectivity index (χ0v) is 17.3. The van der Waals surface area contributed by atoms with Crippen molar-refractivity contribution < 1.29 is 18.8 Å². The van der Waals surface area contributed by atoms with Gasteiger partial charge in [0.05, 0.1) is 43.9 Å². The third-order valence-corrected chi connectivity index (χ3v) is 6.01. The Hall–Kier alpha value is -2.29. The van der Waals surface area contributed by atoms with Crippen LogP contribution in [0.1, 0.15) is 30.7 Å². The Morgan fingerprint density at radius 3 is 2.83 bits per heavy atom. The lowest BCUT2D eigenvalue weighted by Crippen LogP contribution is -3.14. The number of fused-ring (bicyclic) bond motifs is 5. The normalized spacial score (nSPS) is 19.6. The summed E-state index contributed by atoms with van der Waals surface area (Å²) in [4.78, 5) is 15.3. The lowest BCUT2D eigenvalue weighted by Gasteiger charge is -2.32. The molecule has 154 valence electrons. The molecule has 8 heteroatoms. The average molecular weight is 398 g/mol. The number of furan rings is 1. The summed E-state index contributed by atoms with van der Waals surface area (Å²) >= 11 is 0. The number of quaternary nitrogens is 1. The van der Waals surface area contributed by atoms with Crippen LogP contribution in [-0.4, -0.2) is 59.9 Å². The molecule has 0 unspecified atom stereocenters. The molecular weight excluding hydrogens is 370 g/mol. The smallest absolute Gasteiger partial charge is 0.229 e. The quantitative estimate of drug-likeness (QED) is 0.684. The molecule has 0 bridgehead atoms. The lowest BCUT2D eigenvalue weighted by atomic mass is 9.89. The number of aromatic nitrogens is 3. The van der Waals surface area contributed by atoms with Gasteiger partial charge in [-0.25, -0.2) is 15.0 Å². The van der Waals surface area contributed by atoms with E-state index in [4.69, 9.17) is 18.9 Å². The molecule has 3 aromatic rings. The fraction of sp³-hybridized carbons (Fsp3) is 0.571. The van der Waals surface area contributed by atoms with Crippen LogP contribution >= 0.6 is 0 Å². The highest BCUT2D eigenvalue weighted by atomic mass is 16.5. The number of anilines is 1. The van der Waals surface area contributed by atoms with Gasteiger partial charge in [-0.2, -0.15) is 0 Å². The molecule has 0 spiro atoms. The molecule has 0 aliphatic carbocycles. The van der Waals surface area contributed by atoms with Crippen LogP contribution in [0.2, 0.25) is 0 Å². The van der Waals surface area contributed by atoms with Gasteiger partial charge in [0.25, 0.3) is 0 Å². The molecular formula is C21H28N5O3+. The van der Waals surface area contributed by atoms with Crippen molar-refractivity contribution in [2.24, 2.45) is 0 Å². The molecule has 0 aromatic carbocycles. The van der Waals surface area contributed by atoms with Gasteiger partial charge in [-0.15, -0.1) is 0 Å². The standard InChI is InChI=1S/C21H27N5O3/c1-13-15-11-28-21(2,3)10-14(15)16-17-18(29-20(16)25-13)19(24-12-23-17)22-4-5-26-6-8-27-9-7-26/h12H,4-11H2,1-3H3,(H,22,23,24)/p+1. The Morgan fingerprint density at radius 2 is 2.00 bits per heavy atom. The topological polar surface area (TPSA) is 86.7 Å². The molecule has 29 heavy (non-hydrogen) atoms. The summed E-state index contributed by atoms with van der Waals surface area (Å²) in [6.45, 7) is 12.5. The molecule has 5 heterocycles. The highest BCUT2D eigenvalue weighted by Gasteiger charge is 2.31. The Balaban J connectivity index is 1.50. The fourth-order valence-electron chi connectivity index (χ4n) is 4.36. The number of ether oxygens (including phenoxy) is 2. The van der Waals surface area contributed by atoms with E-state index in [2.05, 4.69) is 29.1 Å². The van der Waals surface area contributed by atoms with E-state index < -0.39 is 0 Å². The van der Waals surface area contributed by atoms with Gasteiger partial charge in [-0.05, 0) is 26.3 Å². The largest absolute Gasteiger partial charge is 0.432 e. The molecule has 0 atom stereocenters. The average Bonchev–Trinajstić information content (AvgIpc) is 3.07. The minimum absolute atomic E-state index is 0.216. The van der Waals surface area contributed by atoms with E-state index in [1.165, 1.54) is 5.56 Å². The molecule has 1 saturated heterocycles. The van der Waals surface area contributed by atoms with Gasteiger partial charge in [0.15, 0.2) is 11.4 Å². The summed E-state index contributed by atoms with van der Waals surface area (Å²) in [6, 6.07) is 0. The predicted octanol–water partition coefficient (Wildman–Crippen LogP) is 1.26. The van der Waals surface area contributed by atoms with Crippen molar-refractivity contribution in [2.45, 2.75) is 39.4 Å². The van der Waals surface area contributed by atoms with Crippen LogP contribution in [0.5, 0.6) is 0 Å². The first kappa shape index (κ1) is 18.7. The Labute approximate surface area is 169 Å². The highest BCUT2D eigenvalue weighted by Crippen LogP contribution is 2.39. The van der Waals surface area contributed by atoms with Crippen LogP contribution in [0.4, 0.5) is 5.82 Å². The third kappa shape index (κ3) is 3.45. The van der Waals surface area contributed by atoms with Gasteiger partial charge in [-0.3, -0.25) is 0 Å². The SMILES string of the molecule is Cc1nc2oc3c(NCC[NH+]4CCOCC4)ncnc3c2c2c1COC(C)(C)C2. The molecule has 1 fully saturated rings. The number of aryl methyl sites for hydroxylation is 1. The van der Waals surface area contributed by atoms with Crippen molar-refractivity contribution >= 4 is 28.0 Å². The van der Waals surface area contributed by atoms with Crippen LogP contribution in [0.15, 0.2) is 10.7 Å². The van der Waals surface area contributed by atoms with E-state index in [1.54, 1.807) is 11.2 Å². The van der Waals surface area contributed by atoms with E-state index in [0.717, 1.165) is 73.8 Å². The number of hydrogen-bond acceptors (Lipinski definition) is 7. The molecule has 0 amide bonds. The molecule has 5 rings (SSSR count). The number of pyridine rings is 1. The van der Waals surface area contributed by atoms with Crippen molar-refractivity contribution in [2.75, 3.05) is 44.7 Å². The maximum atomic E-state index is 6.17. The number of nitrogens with one attached hydrogen (secondary N) is 2. The van der Waals surface area contributed by atoms with E-state index >= 15 is 0 Å². The fourth-order valence-corrected chi connectivity index (χ4v) is 4.36. The van der Waals surface area contributed by atoms with Crippen molar-refractivity contribution in [1.82, 2.24) is 15.0 Å². The monoisotopic (exact) mass is 398 g/mol. The number of hydrogen-bond donors (Lipinski definition) is 2. The van der Waals surface area contributed by atoms with Gasteiger partial charge in [0.2, 0.25) is 5.71 Å². The first-order chi connectivity index (χ1) is 14.0. The van der Waals surface area contributed by atoms with Crippen LogP contribution in [0, 0.1) is 6.92 Å². The Bertz CT molecular complexity index is 1060. The molecule has 8 nitrogen and oxygen atoms in total. The second-order valence-corrected chi connectivity index (χ2v) is 8.60. The van der Waals surface area contributed by atoms with Crippen molar-refractivity contribution in [3.05, 3.63) is 23.1 Å². The highest BCUT2D eigenvalue weighted by molar-refractivity contribution is 6.06. The summed E-state index contributed by atoms with van der Waals surface area (Å²) in [6.07, 6.45) is 2.42. The zero-order chi connectivity index (χ0) is 20.0. The van der Waals surface area contributed by atoms with Gasteiger partial charge >= 0.3 is 0 Å². The maximum Gasteiger partial charge on any atom is 0.229 e. The van der Waals surface area contributed by atoms with Gasteiger partial charge in [0.1, 0.15) is 24.9 Å². The van der Waals surface area contributed by atoms with E-state index in [-0.39, 0.29) is 5.60 Å². The summed E-state index contributed by atoms with van der Waals surface area (Å²) in [5.74, 6) is 0.735.